The molecule has 0 spiro atoms. The Labute approximate surface area is 126 Å². The lowest BCUT2D eigenvalue weighted by Crippen LogP contribution is -2.34. The fourth-order valence-electron chi connectivity index (χ4n) is 2.84. The molecule has 1 aromatic rings. The summed E-state index contributed by atoms with van der Waals surface area (Å²) in [6.07, 6.45) is 1.78. The van der Waals surface area contributed by atoms with Crippen LogP contribution in [0.2, 0.25) is 0 Å². The van der Waals surface area contributed by atoms with Crippen LogP contribution in [-0.4, -0.2) is 44.2 Å². The first kappa shape index (κ1) is 15.8. The van der Waals surface area contributed by atoms with Crippen LogP contribution in [0.25, 0.3) is 0 Å². The van der Waals surface area contributed by atoms with Gasteiger partial charge in [0.2, 0.25) is 0 Å². The van der Waals surface area contributed by atoms with Crippen LogP contribution in [-0.2, 0) is 16.1 Å². The highest BCUT2D eigenvalue weighted by molar-refractivity contribution is 5.75. The number of carbonyl (C=O) groups is 1. The SMILES string of the molecule is COC(=O)C(N)CC1CCN(Cc2ccc(OC)cc2)C1. The van der Waals surface area contributed by atoms with Crippen molar-refractivity contribution >= 4 is 5.97 Å². The van der Waals surface area contributed by atoms with E-state index in [1.807, 2.05) is 12.1 Å². The summed E-state index contributed by atoms with van der Waals surface area (Å²) >= 11 is 0. The molecule has 2 rings (SSSR count). The van der Waals surface area contributed by atoms with E-state index in [-0.39, 0.29) is 5.97 Å². The summed E-state index contributed by atoms with van der Waals surface area (Å²) in [7, 11) is 3.05. The molecular formula is C16H24N2O3. The van der Waals surface area contributed by atoms with Crippen LogP contribution >= 0.6 is 0 Å². The molecule has 2 unspecified atom stereocenters. The largest absolute Gasteiger partial charge is 0.497 e. The number of hydrogen-bond acceptors (Lipinski definition) is 5. The number of hydrogen-bond donors (Lipinski definition) is 1. The fraction of sp³-hybridized carbons (Fsp3) is 0.562. The van der Waals surface area contributed by atoms with Gasteiger partial charge in [0.25, 0.3) is 0 Å². The summed E-state index contributed by atoms with van der Waals surface area (Å²) in [6, 6.07) is 7.64. The van der Waals surface area contributed by atoms with Crippen molar-refractivity contribution in [2.24, 2.45) is 11.7 Å². The van der Waals surface area contributed by atoms with Gasteiger partial charge in [-0.2, -0.15) is 0 Å². The molecule has 0 aliphatic carbocycles. The molecule has 5 nitrogen and oxygen atoms in total. The zero-order valence-electron chi connectivity index (χ0n) is 12.7. The number of methoxy groups -OCH3 is 2. The first-order chi connectivity index (χ1) is 10.1. The lowest BCUT2D eigenvalue weighted by molar-refractivity contribution is -0.142. The zero-order valence-corrected chi connectivity index (χ0v) is 12.7. The third kappa shape index (κ3) is 4.44. The smallest absolute Gasteiger partial charge is 0.322 e. The minimum Gasteiger partial charge on any atom is -0.497 e. The van der Waals surface area contributed by atoms with Crippen molar-refractivity contribution in [2.45, 2.75) is 25.4 Å². The Bertz CT molecular complexity index is 461. The van der Waals surface area contributed by atoms with Gasteiger partial charge in [0.15, 0.2) is 0 Å². The number of likely N-dealkylation sites (tertiary alicyclic amines) is 1. The third-order valence-corrected chi connectivity index (χ3v) is 4.03. The minimum atomic E-state index is -0.499. The predicted octanol–water partition coefficient (Wildman–Crippen LogP) is 1.41. The molecule has 1 aliphatic rings. The van der Waals surface area contributed by atoms with Gasteiger partial charge in [0, 0.05) is 13.1 Å². The maximum absolute atomic E-state index is 11.4. The van der Waals surface area contributed by atoms with Gasteiger partial charge in [-0.3, -0.25) is 9.69 Å². The molecular weight excluding hydrogens is 268 g/mol. The second-order valence-corrected chi connectivity index (χ2v) is 5.60. The average Bonchev–Trinajstić information content (AvgIpc) is 2.94. The molecule has 1 aromatic carbocycles. The van der Waals surface area contributed by atoms with Crippen LogP contribution in [0.4, 0.5) is 0 Å². The number of nitrogens with zero attached hydrogens (tertiary/aromatic N) is 1. The summed E-state index contributed by atoms with van der Waals surface area (Å²) < 4.78 is 9.84. The van der Waals surface area contributed by atoms with E-state index in [1.165, 1.54) is 12.7 Å². The molecule has 0 radical (unpaired) electrons. The molecule has 1 heterocycles. The van der Waals surface area contributed by atoms with Gasteiger partial charge < -0.3 is 15.2 Å². The number of carbonyl (C=O) groups excluding carboxylic acids is 1. The quantitative estimate of drug-likeness (QED) is 0.803. The van der Waals surface area contributed by atoms with Crippen LogP contribution in [0.15, 0.2) is 24.3 Å². The molecule has 0 amide bonds. The Hall–Kier alpha value is -1.59. The van der Waals surface area contributed by atoms with E-state index in [4.69, 9.17) is 10.5 Å². The lowest BCUT2D eigenvalue weighted by atomic mass is 10.00. The Morgan fingerprint density at radius 2 is 2.10 bits per heavy atom. The van der Waals surface area contributed by atoms with Gasteiger partial charge in [-0.15, -0.1) is 0 Å². The van der Waals surface area contributed by atoms with Crippen LogP contribution in [0.1, 0.15) is 18.4 Å². The van der Waals surface area contributed by atoms with Crippen molar-refractivity contribution in [2.75, 3.05) is 27.3 Å². The van der Waals surface area contributed by atoms with E-state index in [0.29, 0.717) is 12.3 Å². The predicted molar refractivity (Wildman–Crippen MR) is 81.0 cm³/mol. The topological polar surface area (TPSA) is 64.8 Å². The number of benzene rings is 1. The normalized spacial score (nSPS) is 20.2. The van der Waals surface area contributed by atoms with Crippen LogP contribution < -0.4 is 10.5 Å². The second kappa shape index (κ2) is 7.43. The minimum absolute atomic E-state index is 0.316. The van der Waals surface area contributed by atoms with Crippen molar-refractivity contribution < 1.29 is 14.3 Å². The molecule has 0 saturated carbocycles. The average molecular weight is 292 g/mol. The molecule has 1 aliphatic heterocycles. The van der Waals surface area contributed by atoms with Crippen molar-refractivity contribution in [1.82, 2.24) is 4.90 Å². The molecule has 1 saturated heterocycles. The highest BCUT2D eigenvalue weighted by atomic mass is 16.5. The summed E-state index contributed by atoms with van der Waals surface area (Å²) in [5, 5.41) is 0. The Balaban J connectivity index is 1.80. The van der Waals surface area contributed by atoms with Crippen molar-refractivity contribution in [3.05, 3.63) is 29.8 Å². The van der Waals surface area contributed by atoms with Crippen molar-refractivity contribution in [1.29, 1.82) is 0 Å². The van der Waals surface area contributed by atoms with Gasteiger partial charge in [0.05, 0.1) is 14.2 Å². The first-order valence-electron chi connectivity index (χ1n) is 7.31. The highest BCUT2D eigenvalue weighted by Crippen LogP contribution is 2.23. The second-order valence-electron chi connectivity index (χ2n) is 5.60. The molecule has 5 heteroatoms. The van der Waals surface area contributed by atoms with E-state index in [2.05, 4.69) is 21.8 Å². The fourth-order valence-corrected chi connectivity index (χ4v) is 2.84. The van der Waals surface area contributed by atoms with Crippen molar-refractivity contribution in [3.8, 4) is 5.75 Å². The summed E-state index contributed by atoms with van der Waals surface area (Å²) in [5.41, 5.74) is 7.10. The molecule has 116 valence electrons. The summed E-state index contributed by atoms with van der Waals surface area (Å²) in [4.78, 5) is 13.8. The van der Waals surface area contributed by atoms with E-state index in [0.717, 1.165) is 31.8 Å². The molecule has 1 fully saturated rings. The van der Waals surface area contributed by atoms with E-state index < -0.39 is 6.04 Å². The Morgan fingerprint density at radius 1 is 1.38 bits per heavy atom. The van der Waals surface area contributed by atoms with E-state index in [1.54, 1.807) is 7.11 Å². The molecule has 2 N–H and O–H groups in total. The van der Waals surface area contributed by atoms with Gasteiger partial charge >= 0.3 is 5.97 Å². The van der Waals surface area contributed by atoms with E-state index in [9.17, 15) is 4.79 Å². The summed E-state index contributed by atoms with van der Waals surface area (Å²) in [5.74, 6) is 1.03. The highest BCUT2D eigenvalue weighted by Gasteiger charge is 2.26. The number of esters is 1. The number of nitrogens with two attached hydrogens (primary N) is 1. The van der Waals surface area contributed by atoms with Crippen LogP contribution in [0.3, 0.4) is 0 Å². The Kier molecular flexibility index (Phi) is 5.59. The first-order valence-corrected chi connectivity index (χ1v) is 7.31. The Morgan fingerprint density at radius 3 is 2.71 bits per heavy atom. The van der Waals surface area contributed by atoms with Crippen molar-refractivity contribution in [3.63, 3.8) is 0 Å². The standard InChI is InChI=1S/C16H24N2O3/c1-20-14-5-3-12(4-6-14)10-18-8-7-13(11-18)9-15(17)16(19)21-2/h3-6,13,15H,7-11,17H2,1-2H3. The van der Waals surface area contributed by atoms with E-state index >= 15 is 0 Å². The maximum Gasteiger partial charge on any atom is 0.322 e. The van der Waals surface area contributed by atoms with Gasteiger partial charge in [-0.1, -0.05) is 12.1 Å². The molecule has 0 aromatic heterocycles. The van der Waals surface area contributed by atoms with Gasteiger partial charge in [-0.25, -0.2) is 0 Å². The molecule has 0 bridgehead atoms. The van der Waals surface area contributed by atoms with Crippen LogP contribution in [0, 0.1) is 5.92 Å². The third-order valence-electron chi connectivity index (χ3n) is 4.03. The maximum atomic E-state index is 11.4. The molecule has 21 heavy (non-hydrogen) atoms. The van der Waals surface area contributed by atoms with Gasteiger partial charge in [-0.05, 0) is 43.0 Å². The van der Waals surface area contributed by atoms with Crippen LogP contribution in [0.5, 0.6) is 5.75 Å². The lowest BCUT2D eigenvalue weighted by Gasteiger charge is -2.17. The monoisotopic (exact) mass is 292 g/mol. The number of ether oxygens (including phenoxy) is 2. The zero-order chi connectivity index (χ0) is 15.2. The van der Waals surface area contributed by atoms with Gasteiger partial charge in [0.1, 0.15) is 11.8 Å². The molecule has 2 atom stereocenters. The summed E-state index contributed by atoms with van der Waals surface area (Å²) in [6.45, 7) is 2.95. The number of rotatable bonds is 6.